The average molecular weight is 1060 g/mol. The summed E-state index contributed by atoms with van der Waals surface area (Å²) < 4.78 is 16.8. The summed E-state index contributed by atoms with van der Waals surface area (Å²) in [4.78, 5) is 38.0. The van der Waals surface area contributed by atoms with E-state index in [-0.39, 0.29) is 31.1 Å². The Morgan fingerprint density at radius 1 is 0.267 bits per heavy atom. The van der Waals surface area contributed by atoms with E-state index in [0.29, 0.717) is 19.3 Å². The first-order valence-corrected chi connectivity index (χ1v) is 33.8. The van der Waals surface area contributed by atoms with Gasteiger partial charge in [-0.25, -0.2) is 0 Å². The van der Waals surface area contributed by atoms with Crippen molar-refractivity contribution in [3.8, 4) is 0 Å². The lowest BCUT2D eigenvalue weighted by molar-refractivity contribution is -0.167. The number of esters is 3. The van der Waals surface area contributed by atoms with Gasteiger partial charge in [0.1, 0.15) is 13.2 Å². The molecule has 1 unspecified atom stereocenters. The first-order chi connectivity index (χ1) is 37.0. The normalized spacial score (nSPS) is 12.1. The van der Waals surface area contributed by atoms with Crippen molar-refractivity contribution >= 4 is 17.9 Å². The third-order valence-corrected chi connectivity index (χ3v) is 15.5. The van der Waals surface area contributed by atoms with Crippen LogP contribution in [0.3, 0.4) is 0 Å². The van der Waals surface area contributed by atoms with Crippen molar-refractivity contribution in [3.63, 3.8) is 0 Å². The van der Waals surface area contributed by atoms with Crippen molar-refractivity contribution in [1.82, 2.24) is 0 Å². The van der Waals surface area contributed by atoms with Gasteiger partial charge in [0.25, 0.3) is 0 Å². The molecule has 0 aromatic rings. The van der Waals surface area contributed by atoms with Crippen molar-refractivity contribution < 1.29 is 28.6 Å². The number of rotatable bonds is 63. The second-order valence-corrected chi connectivity index (χ2v) is 23.1. The summed E-state index contributed by atoms with van der Waals surface area (Å²) in [7, 11) is 0. The molecule has 0 aromatic heterocycles. The topological polar surface area (TPSA) is 78.9 Å². The van der Waals surface area contributed by atoms with Crippen LogP contribution in [0.2, 0.25) is 0 Å². The van der Waals surface area contributed by atoms with E-state index >= 15 is 0 Å². The zero-order valence-electron chi connectivity index (χ0n) is 50.8. The van der Waals surface area contributed by atoms with E-state index in [2.05, 4.69) is 45.1 Å². The lowest BCUT2D eigenvalue weighted by atomic mass is 10.0. The number of carbonyl (C=O) groups is 3. The van der Waals surface area contributed by atoms with Gasteiger partial charge in [-0.1, -0.05) is 334 Å². The minimum Gasteiger partial charge on any atom is -0.462 e. The molecular weight excluding hydrogens is 925 g/mol. The number of allylic oxidation sites excluding steroid dienone is 4. The summed E-state index contributed by atoms with van der Waals surface area (Å²) >= 11 is 0. The quantitative estimate of drug-likeness (QED) is 0.0261. The van der Waals surface area contributed by atoms with Crippen LogP contribution in [-0.2, 0) is 28.6 Å². The minimum absolute atomic E-state index is 0.0645. The van der Waals surface area contributed by atoms with Gasteiger partial charge < -0.3 is 14.2 Å². The van der Waals surface area contributed by atoms with Crippen LogP contribution in [0.4, 0.5) is 0 Å². The number of hydrogen-bond donors (Lipinski definition) is 0. The highest BCUT2D eigenvalue weighted by Gasteiger charge is 2.19. The van der Waals surface area contributed by atoms with Crippen LogP contribution in [0.15, 0.2) is 24.3 Å². The van der Waals surface area contributed by atoms with Crippen LogP contribution >= 0.6 is 0 Å². The molecule has 6 heteroatoms. The molecule has 0 aliphatic carbocycles. The Balaban J connectivity index is 3.95. The van der Waals surface area contributed by atoms with Crippen molar-refractivity contribution in [3.05, 3.63) is 24.3 Å². The van der Waals surface area contributed by atoms with Gasteiger partial charge in [0.15, 0.2) is 6.10 Å². The molecular formula is C69H130O6. The van der Waals surface area contributed by atoms with Crippen molar-refractivity contribution in [1.29, 1.82) is 0 Å². The van der Waals surface area contributed by atoms with Gasteiger partial charge in [-0.15, -0.1) is 0 Å². The molecule has 0 aliphatic rings. The van der Waals surface area contributed by atoms with Crippen LogP contribution < -0.4 is 0 Å². The molecule has 0 bridgehead atoms. The molecule has 442 valence electrons. The lowest BCUT2D eigenvalue weighted by Crippen LogP contribution is -2.30. The van der Waals surface area contributed by atoms with E-state index < -0.39 is 6.10 Å². The Labute approximate surface area is 468 Å². The van der Waals surface area contributed by atoms with Gasteiger partial charge in [-0.3, -0.25) is 14.4 Å². The summed E-state index contributed by atoms with van der Waals surface area (Å²) in [6.07, 6.45) is 78.2. The predicted molar refractivity (Wildman–Crippen MR) is 326 cm³/mol. The zero-order chi connectivity index (χ0) is 54.3. The maximum atomic E-state index is 12.8. The van der Waals surface area contributed by atoms with Gasteiger partial charge in [-0.2, -0.15) is 0 Å². The van der Waals surface area contributed by atoms with E-state index in [1.165, 1.54) is 276 Å². The van der Waals surface area contributed by atoms with E-state index in [1.54, 1.807) is 0 Å². The van der Waals surface area contributed by atoms with E-state index in [4.69, 9.17) is 14.2 Å². The monoisotopic (exact) mass is 1050 g/mol. The molecule has 75 heavy (non-hydrogen) atoms. The van der Waals surface area contributed by atoms with Crippen molar-refractivity contribution in [2.75, 3.05) is 13.2 Å². The third-order valence-electron chi connectivity index (χ3n) is 15.5. The lowest BCUT2D eigenvalue weighted by Gasteiger charge is -2.18. The molecule has 1 atom stereocenters. The fourth-order valence-electron chi connectivity index (χ4n) is 10.4. The first-order valence-electron chi connectivity index (χ1n) is 33.8. The van der Waals surface area contributed by atoms with Crippen LogP contribution in [0.1, 0.15) is 380 Å². The van der Waals surface area contributed by atoms with Crippen LogP contribution in [0, 0.1) is 0 Å². The first kappa shape index (κ1) is 72.9. The highest BCUT2D eigenvalue weighted by Crippen LogP contribution is 2.18. The molecule has 0 heterocycles. The number of ether oxygens (including phenoxy) is 3. The van der Waals surface area contributed by atoms with Gasteiger partial charge in [0.2, 0.25) is 0 Å². The molecule has 0 saturated carbocycles. The Kier molecular flexibility index (Phi) is 62.6. The predicted octanol–water partition coefficient (Wildman–Crippen LogP) is 23.0. The number of hydrogen-bond acceptors (Lipinski definition) is 6. The molecule has 0 aliphatic heterocycles. The zero-order valence-corrected chi connectivity index (χ0v) is 50.8. The summed E-state index contributed by atoms with van der Waals surface area (Å²) in [6.45, 7) is 6.64. The Hall–Kier alpha value is -2.11. The van der Waals surface area contributed by atoms with Crippen LogP contribution in [-0.4, -0.2) is 37.2 Å². The average Bonchev–Trinajstić information content (AvgIpc) is 3.41. The van der Waals surface area contributed by atoms with Crippen LogP contribution in [0.25, 0.3) is 0 Å². The molecule has 0 amide bonds. The van der Waals surface area contributed by atoms with Crippen molar-refractivity contribution in [2.45, 2.75) is 386 Å². The van der Waals surface area contributed by atoms with E-state index in [0.717, 1.165) is 64.2 Å². The SMILES string of the molecule is CCCCCCC/C=C\C/C=C\CCCCCCCCCCCCCCCCCCCCCC(=O)OCC(COC(=O)CCCCCCCC)OC(=O)CCCCCCCCCCCCCCCCCCCCCC. The maximum absolute atomic E-state index is 12.8. The Bertz CT molecular complexity index is 1210. The Morgan fingerprint density at radius 2 is 0.480 bits per heavy atom. The fraction of sp³-hybridized carbons (Fsp3) is 0.899. The van der Waals surface area contributed by atoms with Gasteiger partial charge in [-0.05, 0) is 51.4 Å². The maximum Gasteiger partial charge on any atom is 0.306 e. The molecule has 0 aromatic carbocycles. The van der Waals surface area contributed by atoms with E-state index in [1.807, 2.05) is 0 Å². The summed E-state index contributed by atoms with van der Waals surface area (Å²) in [5, 5.41) is 0. The Morgan fingerprint density at radius 3 is 0.733 bits per heavy atom. The summed E-state index contributed by atoms with van der Waals surface area (Å²) in [5.74, 6) is -0.847. The standard InChI is InChI=1S/C69H130O6/c1-4-7-10-13-16-18-20-22-24-26-28-30-31-32-33-34-35-36-37-38-39-40-42-43-45-47-49-51-53-56-59-62-68(71)74-65-66(64-73-67(70)61-58-55-15-12-9-6-3)75-69(72)63-60-57-54-52-50-48-46-44-41-29-27-25-23-21-19-17-14-11-8-5-2/h20,22,26,28,66H,4-19,21,23-25,27,29-65H2,1-3H3/b22-20-,28-26-. The molecule has 0 fully saturated rings. The fourth-order valence-corrected chi connectivity index (χ4v) is 10.4. The highest BCUT2D eigenvalue weighted by molar-refractivity contribution is 5.71. The third kappa shape index (κ3) is 62.6. The summed E-state index contributed by atoms with van der Waals surface area (Å²) in [6, 6.07) is 0. The molecule has 0 saturated heterocycles. The number of unbranched alkanes of at least 4 members (excludes halogenated alkanes) is 48. The second kappa shape index (κ2) is 64.4. The molecule has 0 radical (unpaired) electrons. The smallest absolute Gasteiger partial charge is 0.306 e. The van der Waals surface area contributed by atoms with Gasteiger partial charge in [0.05, 0.1) is 0 Å². The second-order valence-electron chi connectivity index (χ2n) is 23.1. The van der Waals surface area contributed by atoms with Gasteiger partial charge >= 0.3 is 17.9 Å². The molecule has 6 nitrogen and oxygen atoms in total. The molecule has 0 N–H and O–H groups in total. The molecule has 0 rings (SSSR count). The van der Waals surface area contributed by atoms with E-state index in [9.17, 15) is 14.4 Å². The highest BCUT2D eigenvalue weighted by atomic mass is 16.6. The van der Waals surface area contributed by atoms with Crippen molar-refractivity contribution in [2.24, 2.45) is 0 Å². The number of carbonyl (C=O) groups excluding carboxylic acids is 3. The largest absolute Gasteiger partial charge is 0.462 e. The summed E-state index contributed by atoms with van der Waals surface area (Å²) in [5.41, 5.74) is 0. The molecule has 0 spiro atoms. The van der Waals surface area contributed by atoms with Crippen LogP contribution in [0.5, 0.6) is 0 Å². The van der Waals surface area contributed by atoms with Gasteiger partial charge in [0, 0.05) is 19.3 Å². The minimum atomic E-state index is -0.763.